The van der Waals surface area contributed by atoms with E-state index in [-0.39, 0.29) is 51.4 Å². The van der Waals surface area contributed by atoms with Crippen molar-refractivity contribution in [2.75, 3.05) is 0 Å². The van der Waals surface area contributed by atoms with Crippen LogP contribution in [-0.2, 0) is 0 Å². The number of rotatable bonds is 0. The molecule has 1 N–H and O–H groups in total. The van der Waals surface area contributed by atoms with Crippen molar-refractivity contribution in [3.8, 4) is 0 Å². The third kappa shape index (κ3) is 2.99. The van der Waals surface area contributed by atoms with Gasteiger partial charge in [0.05, 0.1) is 0 Å². The van der Waals surface area contributed by atoms with Crippen LogP contribution >= 0.6 is 0 Å². The summed E-state index contributed by atoms with van der Waals surface area (Å²) in [6.45, 7) is 4.00. The van der Waals surface area contributed by atoms with Gasteiger partial charge in [-0.05, 0) is 5.52 Å². The van der Waals surface area contributed by atoms with Crippen molar-refractivity contribution in [2.45, 2.75) is 13.8 Å². The molecule has 2 nitrogen and oxygen atoms in total. The van der Waals surface area contributed by atoms with E-state index in [1.165, 1.54) is 0 Å². The summed E-state index contributed by atoms with van der Waals surface area (Å²) >= 11 is 0. The predicted octanol–water partition coefficient (Wildman–Crippen LogP) is -0.607. The van der Waals surface area contributed by atoms with E-state index < -0.39 is 0 Å². The SMILES string of the molecule is CC.[K+].[c-]1ccc2cn[nH]c2c1. The topological polar surface area (TPSA) is 28.7 Å². The molecule has 0 spiro atoms. The van der Waals surface area contributed by atoms with E-state index in [0.717, 1.165) is 10.9 Å². The van der Waals surface area contributed by atoms with Gasteiger partial charge in [-0.3, -0.25) is 0 Å². The number of aromatic nitrogens is 2. The van der Waals surface area contributed by atoms with Crippen LogP contribution in [0.4, 0.5) is 0 Å². The van der Waals surface area contributed by atoms with Gasteiger partial charge in [0.2, 0.25) is 0 Å². The number of benzene rings is 1. The molecule has 1 heterocycles. The molecular weight excluding hydrogens is 175 g/mol. The van der Waals surface area contributed by atoms with Crippen LogP contribution in [0.5, 0.6) is 0 Å². The van der Waals surface area contributed by atoms with E-state index in [1.54, 1.807) is 6.20 Å². The molecule has 1 aromatic heterocycles. The predicted molar refractivity (Wildman–Crippen MR) is 46.3 cm³/mol. The molecule has 2 aromatic rings. The van der Waals surface area contributed by atoms with Crippen molar-refractivity contribution in [3.63, 3.8) is 0 Å². The van der Waals surface area contributed by atoms with Crippen LogP contribution in [-0.4, -0.2) is 10.2 Å². The summed E-state index contributed by atoms with van der Waals surface area (Å²) < 4.78 is 0. The molecule has 0 saturated heterocycles. The number of H-pyrrole nitrogens is 1. The van der Waals surface area contributed by atoms with Gasteiger partial charge in [0.25, 0.3) is 0 Å². The van der Waals surface area contributed by atoms with Crippen LogP contribution in [0.1, 0.15) is 13.8 Å². The fourth-order valence-corrected chi connectivity index (χ4v) is 0.823. The first-order chi connectivity index (χ1) is 5.47. The molecule has 0 aliphatic carbocycles. The summed E-state index contributed by atoms with van der Waals surface area (Å²) in [5, 5.41) is 7.83. The first-order valence-corrected chi connectivity index (χ1v) is 3.76. The van der Waals surface area contributed by atoms with Gasteiger partial charge in [-0.15, -0.1) is 0 Å². The Morgan fingerprint density at radius 3 is 2.83 bits per heavy atom. The van der Waals surface area contributed by atoms with Gasteiger partial charge >= 0.3 is 51.4 Å². The maximum atomic E-state index is 3.86. The fourth-order valence-electron chi connectivity index (χ4n) is 0.823. The van der Waals surface area contributed by atoms with Gasteiger partial charge < -0.3 is 5.10 Å². The summed E-state index contributed by atoms with van der Waals surface area (Å²) in [6, 6.07) is 8.67. The van der Waals surface area contributed by atoms with E-state index in [1.807, 2.05) is 32.0 Å². The molecule has 0 aliphatic rings. The monoisotopic (exact) mass is 186 g/mol. The van der Waals surface area contributed by atoms with E-state index in [4.69, 9.17) is 0 Å². The Labute approximate surface area is 115 Å². The van der Waals surface area contributed by atoms with Crippen LogP contribution in [0.3, 0.4) is 0 Å². The first-order valence-electron chi connectivity index (χ1n) is 3.76. The summed E-state index contributed by atoms with van der Waals surface area (Å²) in [7, 11) is 0. The molecule has 0 bridgehead atoms. The first kappa shape index (κ1) is 12.3. The Bertz CT molecular complexity index is 287. The molecule has 1 aromatic carbocycles. The Balaban J connectivity index is 0.000000378. The largest absolute Gasteiger partial charge is 1.00 e. The molecule has 0 aliphatic heterocycles. The number of fused-ring (bicyclic) bond motifs is 1. The Kier molecular flexibility index (Phi) is 6.99. The molecule has 12 heavy (non-hydrogen) atoms. The molecule has 3 heteroatoms. The molecule has 0 unspecified atom stereocenters. The smallest absolute Gasteiger partial charge is 0.332 e. The number of hydrogen-bond acceptors (Lipinski definition) is 1. The number of nitrogens with one attached hydrogen (secondary N) is 1. The standard InChI is InChI=1S/C7H5N2.C2H6.K/c1-2-4-7-6(3-1)5-8-9-7;1-2;/h1,3-5H,(H,8,9);1-2H3;/q-1;;+1. The maximum Gasteiger partial charge on any atom is 1.00 e. The molecule has 0 fully saturated rings. The van der Waals surface area contributed by atoms with Gasteiger partial charge in [0, 0.05) is 6.20 Å². The normalized spacial score (nSPS) is 8.17. The van der Waals surface area contributed by atoms with Gasteiger partial charge in [-0.1, -0.05) is 19.2 Å². The molecule has 0 saturated carbocycles. The zero-order chi connectivity index (χ0) is 8.10. The maximum absolute atomic E-state index is 3.86. The molecule has 0 atom stereocenters. The third-order valence-electron chi connectivity index (χ3n) is 1.29. The van der Waals surface area contributed by atoms with Gasteiger partial charge in [-0.2, -0.15) is 29.4 Å². The van der Waals surface area contributed by atoms with E-state index in [9.17, 15) is 0 Å². The Morgan fingerprint density at radius 2 is 2.17 bits per heavy atom. The van der Waals surface area contributed by atoms with Crippen molar-refractivity contribution in [1.29, 1.82) is 0 Å². The Morgan fingerprint density at radius 1 is 1.42 bits per heavy atom. The molecule has 2 rings (SSSR count). The van der Waals surface area contributed by atoms with E-state index in [0.29, 0.717) is 0 Å². The average molecular weight is 186 g/mol. The number of nitrogens with zero attached hydrogens (tertiary/aromatic N) is 1. The minimum Gasteiger partial charge on any atom is -0.332 e. The summed E-state index contributed by atoms with van der Waals surface area (Å²) in [6.07, 6.45) is 1.79. The molecule has 0 radical (unpaired) electrons. The third-order valence-corrected chi connectivity index (χ3v) is 1.29. The van der Waals surface area contributed by atoms with Crippen molar-refractivity contribution in [2.24, 2.45) is 0 Å². The van der Waals surface area contributed by atoms with Crippen molar-refractivity contribution < 1.29 is 51.4 Å². The fraction of sp³-hybridized carbons (Fsp3) is 0.222. The Hall–Kier alpha value is 0.326. The van der Waals surface area contributed by atoms with Gasteiger partial charge in [0.15, 0.2) is 0 Å². The molecule has 0 amide bonds. The van der Waals surface area contributed by atoms with Gasteiger partial charge in [-0.25, -0.2) is 0 Å². The summed E-state index contributed by atoms with van der Waals surface area (Å²) in [5.74, 6) is 0. The second-order valence-electron chi connectivity index (χ2n) is 1.88. The van der Waals surface area contributed by atoms with Crippen LogP contribution in [0.25, 0.3) is 10.9 Å². The van der Waals surface area contributed by atoms with Crippen LogP contribution < -0.4 is 51.4 Å². The number of hydrogen-bond donors (Lipinski definition) is 1. The summed E-state index contributed by atoms with van der Waals surface area (Å²) in [4.78, 5) is 0. The van der Waals surface area contributed by atoms with E-state index >= 15 is 0 Å². The van der Waals surface area contributed by atoms with E-state index in [2.05, 4.69) is 16.3 Å². The summed E-state index contributed by atoms with van der Waals surface area (Å²) in [5.41, 5.74) is 1.04. The molecular formula is C9H11KN2. The average Bonchev–Trinajstić information content (AvgIpc) is 2.55. The van der Waals surface area contributed by atoms with Crippen molar-refractivity contribution >= 4 is 10.9 Å². The minimum absolute atomic E-state index is 0. The second-order valence-corrected chi connectivity index (χ2v) is 1.88. The zero-order valence-electron chi connectivity index (χ0n) is 7.76. The molecule has 58 valence electrons. The second kappa shape index (κ2) is 6.80. The zero-order valence-corrected chi connectivity index (χ0v) is 10.9. The quantitative estimate of drug-likeness (QED) is 0.432. The van der Waals surface area contributed by atoms with Gasteiger partial charge in [0.1, 0.15) is 0 Å². The van der Waals surface area contributed by atoms with Crippen molar-refractivity contribution in [3.05, 3.63) is 30.5 Å². The number of aromatic amines is 1. The van der Waals surface area contributed by atoms with Crippen LogP contribution in [0.15, 0.2) is 24.4 Å². The minimum atomic E-state index is 0. The van der Waals surface area contributed by atoms with Crippen LogP contribution in [0.2, 0.25) is 0 Å². The van der Waals surface area contributed by atoms with Crippen LogP contribution in [0, 0.1) is 6.07 Å². The van der Waals surface area contributed by atoms with Crippen molar-refractivity contribution in [1.82, 2.24) is 10.2 Å².